The van der Waals surface area contributed by atoms with Crippen molar-refractivity contribution in [3.63, 3.8) is 0 Å². The van der Waals surface area contributed by atoms with Crippen molar-refractivity contribution in [2.75, 3.05) is 13.2 Å². The molecular formula is C26H40F3NO4SSi. The Morgan fingerprint density at radius 1 is 1.11 bits per heavy atom. The molecule has 2 rings (SSSR count). The number of alkyl carbamates (subject to hydrolysis) is 1. The van der Waals surface area contributed by atoms with Crippen molar-refractivity contribution < 1.29 is 32.2 Å². The summed E-state index contributed by atoms with van der Waals surface area (Å²) in [6.07, 6.45) is -3.42. The Labute approximate surface area is 217 Å². The number of carbonyl (C=O) groups excluding carboxylic acids is 1. The number of aryl methyl sites for hydroxylation is 1. The number of ether oxygens (including phenoxy) is 1. The fourth-order valence-corrected chi connectivity index (χ4v) is 5.57. The van der Waals surface area contributed by atoms with Gasteiger partial charge in [0.25, 0.3) is 0 Å². The van der Waals surface area contributed by atoms with Crippen molar-refractivity contribution in [2.45, 2.75) is 96.3 Å². The Morgan fingerprint density at radius 2 is 1.75 bits per heavy atom. The van der Waals surface area contributed by atoms with Crippen LogP contribution < -0.4 is 5.32 Å². The van der Waals surface area contributed by atoms with E-state index >= 15 is 0 Å². The van der Waals surface area contributed by atoms with Crippen molar-refractivity contribution in [2.24, 2.45) is 0 Å². The van der Waals surface area contributed by atoms with E-state index in [1.807, 2.05) is 5.38 Å². The number of aliphatic hydroxyl groups excluding tert-OH is 1. The van der Waals surface area contributed by atoms with Gasteiger partial charge in [0, 0.05) is 4.70 Å². The molecular weight excluding hydrogens is 507 g/mol. The molecule has 1 unspecified atom stereocenters. The SMILES string of the molecule is CC(C)(C)OC(=O)NC(CO)(CCCc1csc2cc(C(F)(F)F)ccc12)CO[Si](C)(C)C(C)(C)C. The summed E-state index contributed by atoms with van der Waals surface area (Å²) >= 11 is 1.28. The molecule has 1 heterocycles. The van der Waals surface area contributed by atoms with E-state index in [9.17, 15) is 23.1 Å². The van der Waals surface area contributed by atoms with Crippen LogP contribution in [-0.4, -0.2) is 43.9 Å². The van der Waals surface area contributed by atoms with Crippen LogP contribution in [0, 0.1) is 0 Å². The third-order valence-electron chi connectivity index (χ3n) is 6.67. The number of carbonyl (C=O) groups is 1. The first kappa shape index (κ1) is 30.6. The molecule has 5 nitrogen and oxygen atoms in total. The quantitative estimate of drug-likeness (QED) is 0.319. The second-order valence-corrected chi connectivity index (χ2v) is 17.7. The molecule has 1 aromatic carbocycles. The molecule has 0 bridgehead atoms. The van der Waals surface area contributed by atoms with E-state index < -0.39 is 37.3 Å². The van der Waals surface area contributed by atoms with E-state index in [-0.39, 0.29) is 18.3 Å². The van der Waals surface area contributed by atoms with Crippen LogP contribution in [0.5, 0.6) is 0 Å². The number of alkyl halides is 3. The minimum absolute atomic E-state index is 0.0506. The number of halogens is 3. The Bertz CT molecular complexity index is 1040. The molecule has 2 aromatic rings. The highest BCUT2D eigenvalue weighted by Crippen LogP contribution is 2.38. The van der Waals surface area contributed by atoms with Crippen molar-refractivity contribution in [3.8, 4) is 0 Å². The highest BCUT2D eigenvalue weighted by Gasteiger charge is 2.41. The lowest BCUT2D eigenvalue weighted by atomic mass is 9.93. The second kappa shape index (κ2) is 11.0. The maximum Gasteiger partial charge on any atom is 0.416 e. The Morgan fingerprint density at radius 3 is 2.28 bits per heavy atom. The van der Waals surface area contributed by atoms with Gasteiger partial charge in [0.05, 0.1) is 24.3 Å². The summed E-state index contributed by atoms with van der Waals surface area (Å²) in [6, 6.07) is 3.80. The largest absolute Gasteiger partial charge is 0.444 e. The average molecular weight is 548 g/mol. The zero-order valence-corrected chi connectivity index (χ0v) is 24.4. The van der Waals surface area contributed by atoms with Gasteiger partial charge in [-0.2, -0.15) is 13.2 Å². The van der Waals surface area contributed by atoms with Crippen LogP contribution in [0.25, 0.3) is 10.1 Å². The molecule has 2 N–H and O–H groups in total. The lowest BCUT2D eigenvalue weighted by Gasteiger charge is -2.41. The van der Waals surface area contributed by atoms with Gasteiger partial charge < -0.3 is 19.6 Å². The first-order valence-electron chi connectivity index (χ1n) is 12.1. The Balaban J connectivity index is 2.21. The molecule has 1 aromatic heterocycles. The van der Waals surface area contributed by atoms with E-state index in [2.05, 4.69) is 39.2 Å². The molecule has 1 atom stereocenters. The van der Waals surface area contributed by atoms with Crippen LogP contribution in [0.15, 0.2) is 23.6 Å². The van der Waals surface area contributed by atoms with Crippen molar-refractivity contribution in [1.82, 2.24) is 5.32 Å². The summed E-state index contributed by atoms with van der Waals surface area (Å²) in [5.74, 6) is 0. The van der Waals surface area contributed by atoms with Gasteiger partial charge in [-0.1, -0.05) is 26.8 Å². The number of fused-ring (bicyclic) bond motifs is 1. The maximum absolute atomic E-state index is 13.1. The summed E-state index contributed by atoms with van der Waals surface area (Å²) in [5, 5.41) is 15.9. The van der Waals surface area contributed by atoms with Gasteiger partial charge in [-0.15, -0.1) is 11.3 Å². The fourth-order valence-electron chi connectivity index (χ4n) is 3.46. The van der Waals surface area contributed by atoms with Gasteiger partial charge in [-0.3, -0.25) is 0 Å². The van der Waals surface area contributed by atoms with E-state index in [4.69, 9.17) is 9.16 Å². The Hall–Kier alpha value is -1.62. The summed E-state index contributed by atoms with van der Waals surface area (Å²) in [4.78, 5) is 12.7. The lowest BCUT2D eigenvalue weighted by Crippen LogP contribution is -2.58. The van der Waals surface area contributed by atoms with Gasteiger partial charge >= 0.3 is 12.3 Å². The van der Waals surface area contributed by atoms with Crippen LogP contribution in [-0.2, 0) is 21.8 Å². The van der Waals surface area contributed by atoms with E-state index in [1.165, 1.54) is 23.5 Å². The zero-order valence-electron chi connectivity index (χ0n) is 22.6. The number of rotatable bonds is 9. The van der Waals surface area contributed by atoms with Gasteiger partial charge in [0.15, 0.2) is 8.32 Å². The highest BCUT2D eigenvalue weighted by molar-refractivity contribution is 7.17. The van der Waals surface area contributed by atoms with Crippen LogP contribution in [0.1, 0.15) is 65.5 Å². The van der Waals surface area contributed by atoms with Crippen LogP contribution in [0.4, 0.5) is 18.0 Å². The molecule has 0 saturated heterocycles. The van der Waals surface area contributed by atoms with Crippen molar-refractivity contribution in [3.05, 3.63) is 34.7 Å². The Kier molecular flexibility index (Phi) is 9.36. The summed E-state index contributed by atoms with van der Waals surface area (Å²) < 4.78 is 51.6. The summed E-state index contributed by atoms with van der Waals surface area (Å²) in [7, 11) is -2.17. The summed E-state index contributed by atoms with van der Waals surface area (Å²) in [6.45, 7) is 15.7. The third-order valence-corrected chi connectivity index (χ3v) is 12.1. The van der Waals surface area contributed by atoms with Gasteiger partial charge in [0.1, 0.15) is 5.60 Å². The molecule has 0 saturated carbocycles. The third kappa shape index (κ3) is 8.19. The number of nitrogens with one attached hydrogen (secondary N) is 1. The van der Waals surface area contributed by atoms with Crippen molar-refractivity contribution >= 4 is 35.8 Å². The monoisotopic (exact) mass is 547 g/mol. The number of amides is 1. The molecule has 0 aliphatic rings. The fraction of sp³-hybridized carbons (Fsp3) is 0.654. The molecule has 0 fully saturated rings. The zero-order chi connectivity index (χ0) is 27.6. The van der Waals surface area contributed by atoms with Crippen molar-refractivity contribution in [1.29, 1.82) is 0 Å². The predicted molar refractivity (Wildman–Crippen MR) is 142 cm³/mol. The molecule has 1 amide bonds. The first-order valence-corrected chi connectivity index (χ1v) is 15.9. The van der Waals surface area contributed by atoms with Gasteiger partial charge in [-0.25, -0.2) is 4.79 Å². The van der Waals surface area contributed by atoms with Crippen LogP contribution in [0.2, 0.25) is 18.1 Å². The average Bonchev–Trinajstić information content (AvgIpc) is 3.11. The van der Waals surface area contributed by atoms with Gasteiger partial charge in [-0.05, 0) is 86.6 Å². The molecule has 0 spiro atoms. The summed E-state index contributed by atoms with van der Waals surface area (Å²) in [5.41, 5.74) is -1.46. The predicted octanol–water partition coefficient (Wildman–Crippen LogP) is 7.52. The molecule has 0 radical (unpaired) electrons. The number of hydrogen-bond donors (Lipinski definition) is 2. The van der Waals surface area contributed by atoms with E-state index in [0.717, 1.165) is 17.0 Å². The lowest BCUT2D eigenvalue weighted by molar-refractivity contribution is -0.137. The first-order chi connectivity index (χ1) is 16.3. The maximum atomic E-state index is 13.1. The van der Waals surface area contributed by atoms with E-state index in [1.54, 1.807) is 20.8 Å². The minimum atomic E-state index is -4.38. The normalized spacial score (nSPS) is 15.1. The molecule has 10 heteroatoms. The van der Waals surface area contributed by atoms with Crippen LogP contribution >= 0.6 is 11.3 Å². The van der Waals surface area contributed by atoms with E-state index in [0.29, 0.717) is 24.0 Å². The topological polar surface area (TPSA) is 67.8 Å². The molecule has 204 valence electrons. The number of aliphatic hydroxyl groups is 1. The molecule has 36 heavy (non-hydrogen) atoms. The van der Waals surface area contributed by atoms with Crippen LogP contribution in [0.3, 0.4) is 0 Å². The number of thiophene rings is 1. The highest BCUT2D eigenvalue weighted by atomic mass is 32.1. The smallest absolute Gasteiger partial charge is 0.416 e. The minimum Gasteiger partial charge on any atom is -0.444 e. The van der Waals surface area contributed by atoms with Gasteiger partial charge in [0.2, 0.25) is 0 Å². The standard InChI is InChI=1S/C26H40F3NO4SSi/c1-23(2,3)34-22(32)30-25(16-31,17-33-36(7,8)24(4,5)6)13-9-10-18-15-35-21-14-19(26(27,28)29)11-12-20(18)21/h11-12,14-15,31H,9-10,13,16-17H2,1-8H3,(H,30,32). The molecule has 0 aliphatic heterocycles. The number of benzene rings is 1. The number of hydrogen-bond acceptors (Lipinski definition) is 5. The molecule has 0 aliphatic carbocycles. The second-order valence-electron chi connectivity index (χ2n) is 11.9.